The molecule has 16 heavy (non-hydrogen) atoms. The summed E-state index contributed by atoms with van der Waals surface area (Å²) in [6.07, 6.45) is 0. The van der Waals surface area contributed by atoms with Crippen LogP contribution in [0.2, 0.25) is 0 Å². The molecule has 3 nitrogen and oxygen atoms in total. The van der Waals surface area contributed by atoms with Gasteiger partial charge in [-0.15, -0.1) is 0 Å². The molecule has 0 heterocycles. The van der Waals surface area contributed by atoms with Crippen molar-refractivity contribution >= 4 is 11.4 Å². The summed E-state index contributed by atoms with van der Waals surface area (Å²) < 4.78 is 0. The summed E-state index contributed by atoms with van der Waals surface area (Å²) in [5, 5.41) is 6.45. The van der Waals surface area contributed by atoms with E-state index in [2.05, 4.69) is 24.1 Å². The summed E-state index contributed by atoms with van der Waals surface area (Å²) in [4.78, 5) is 0. The molecule has 0 aliphatic heterocycles. The van der Waals surface area contributed by atoms with E-state index >= 15 is 0 Å². The molecular weight excluding hydrogens is 198 g/mol. The predicted molar refractivity (Wildman–Crippen MR) is 71.6 cm³/mol. The van der Waals surface area contributed by atoms with Crippen molar-refractivity contribution in [1.29, 1.82) is 0 Å². The Morgan fingerprint density at radius 2 is 1.75 bits per heavy atom. The zero-order valence-corrected chi connectivity index (χ0v) is 10.3. The number of nitrogens with two attached hydrogens (primary N) is 1. The van der Waals surface area contributed by atoms with Crippen molar-refractivity contribution in [3.63, 3.8) is 0 Å². The first kappa shape index (κ1) is 12.6. The lowest BCUT2D eigenvalue weighted by atomic mass is 10.0. The molecule has 1 aromatic carbocycles. The second-order valence-corrected chi connectivity index (χ2v) is 4.43. The first-order valence-electron chi connectivity index (χ1n) is 5.52. The van der Waals surface area contributed by atoms with Crippen LogP contribution in [0.4, 0.5) is 11.4 Å². The van der Waals surface area contributed by atoms with Gasteiger partial charge in [0, 0.05) is 29.2 Å². The van der Waals surface area contributed by atoms with Crippen molar-refractivity contribution < 1.29 is 0 Å². The van der Waals surface area contributed by atoms with Crippen LogP contribution in [0, 0.1) is 0 Å². The Kier molecular flexibility index (Phi) is 3.96. The lowest BCUT2D eigenvalue weighted by molar-refractivity contribution is 0.617. The minimum Gasteiger partial charge on any atom is -0.385 e. The molecule has 0 aliphatic rings. The Hall–Kier alpha value is -1.48. The molecule has 0 aliphatic carbocycles. The maximum atomic E-state index is 5.93. The average molecular weight is 219 g/mol. The van der Waals surface area contributed by atoms with Gasteiger partial charge in [-0.1, -0.05) is 6.58 Å². The smallest absolute Gasteiger partial charge is 0.0498 e. The summed E-state index contributed by atoms with van der Waals surface area (Å²) in [5.41, 5.74) is 8.44. The van der Waals surface area contributed by atoms with Gasteiger partial charge in [0.15, 0.2) is 0 Å². The van der Waals surface area contributed by atoms with Gasteiger partial charge >= 0.3 is 0 Å². The van der Waals surface area contributed by atoms with E-state index in [0.717, 1.165) is 23.6 Å². The van der Waals surface area contributed by atoms with Gasteiger partial charge < -0.3 is 16.4 Å². The normalized spacial score (nSPS) is 11.0. The zero-order chi connectivity index (χ0) is 12.2. The third kappa shape index (κ3) is 3.59. The van der Waals surface area contributed by atoms with Crippen LogP contribution in [-0.2, 0) is 0 Å². The Bertz CT molecular complexity index is 346. The molecule has 1 aromatic rings. The highest BCUT2D eigenvalue weighted by atomic mass is 14.9. The van der Waals surface area contributed by atoms with E-state index in [0.29, 0.717) is 0 Å². The van der Waals surface area contributed by atoms with Crippen molar-refractivity contribution in [2.75, 3.05) is 17.2 Å². The van der Waals surface area contributed by atoms with E-state index in [-0.39, 0.29) is 0 Å². The second-order valence-electron chi connectivity index (χ2n) is 4.43. The lowest BCUT2D eigenvalue weighted by Crippen LogP contribution is -2.37. The van der Waals surface area contributed by atoms with Crippen molar-refractivity contribution in [2.45, 2.75) is 26.3 Å². The quantitative estimate of drug-likeness (QED) is 0.713. The maximum Gasteiger partial charge on any atom is 0.0498 e. The largest absolute Gasteiger partial charge is 0.385 e. The van der Waals surface area contributed by atoms with Gasteiger partial charge in [0.2, 0.25) is 0 Å². The minimum atomic E-state index is -0.416. The summed E-state index contributed by atoms with van der Waals surface area (Å²) in [6, 6.07) is 8.08. The van der Waals surface area contributed by atoms with Gasteiger partial charge in [-0.25, -0.2) is 0 Å². The molecule has 0 saturated heterocycles. The number of rotatable bonds is 5. The number of benzene rings is 1. The number of hydrogen-bond acceptors (Lipinski definition) is 3. The molecule has 3 heteroatoms. The van der Waals surface area contributed by atoms with Crippen molar-refractivity contribution in [3.8, 4) is 0 Å². The molecule has 0 unspecified atom stereocenters. The summed E-state index contributed by atoms with van der Waals surface area (Å²) >= 11 is 0. The Labute approximate surface area is 97.7 Å². The number of anilines is 2. The summed E-state index contributed by atoms with van der Waals surface area (Å²) in [6.45, 7) is 10.8. The third-order valence-corrected chi connectivity index (χ3v) is 2.34. The highest BCUT2D eigenvalue weighted by molar-refractivity contribution is 5.56. The Morgan fingerprint density at radius 1 is 1.25 bits per heavy atom. The van der Waals surface area contributed by atoms with E-state index < -0.39 is 5.54 Å². The average Bonchev–Trinajstić information content (AvgIpc) is 2.20. The summed E-state index contributed by atoms with van der Waals surface area (Å²) in [7, 11) is 0. The molecule has 4 N–H and O–H groups in total. The zero-order valence-electron chi connectivity index (χ0n) is 10.3. The fraction of sp³-hybridized carbons (Fsp3) is 0.385. The number of nitrogens with one attached hydrogen (secondary N) is 2. The molecule has 0 aromatic heterocycles. The van der Waals surface area contributed by atoms with Crippen LogP contribution in [0.15, 0.2) is 36.5 Å². The predicted octanol–water partition coefficient (Wildman–Crippen LogP) is 2.78. The SMILES string of the molecule is C=C(Nc1ccc(NCC)cc1)C(C)(C)N. The van der Waals surface area contributed by atoms with Gasteiger partial charge in [-0.3, -0.25) is 0 Å². The van der Waals surface area contributed by atoms with Crippen LogP contribution < -0.4 is 16.4 Å². The second kappa shape index (κ2) is 5.03. The first-order valence-corrected chi connectivity index (χ1v) is 5.52. The van der Waals surface area contributed by atoms with Crippen LogP contribution >= 0.6 is 0 Å². The minimum absolute atomic E-state index is 0.416. The molecule has 0 bridgehead atoms. The monoisotopic (exact) mass is 219 g/mol. The van der Waals surface area contributed by atoms with E-state index in [1.165, 1.54) is 0 Å². The fourth-order valence-corrected chi connectivity index (χ4v) is 1.21. The van der Waals surface area contributed by atoms with Crippen LogP contribution in [0.5, 0.6) is 0 Å². The molecule has 0 fully saturated rings. The molecule has 0 atom stereocenters. The molecule has 0 saturated carbocycles. The van der Waals surface area contributed by atoms with E-state index in [9.17, 15) is 0 Å². The topological polar surface area (TPSA) is 50.1 Å². The van der Waals surface area contributed by atoms with Gasteiger partial charge in [0.1, 0.15) is 0 Å². The number of hydrogen-bond donors (Lipinski definition) is 3. The molecule has 0 spiro atoms. The van der Waals surface area contributed by atoms with E-state index in [4.69, 9.17) is 5.73 Å². The van der Waals surface area contributed by atoms with Crippen molar-refractivity contribution in [3.05, 3.63) is 36.5 Å². The molecule has 88 valence electrons. The van der Waals surface area contributed by atoms with Crippen LogP contribution in [0.1, 0.15) is 20.8 Å². The van der Waals surface area contributed by atoms with Gasteiger partial charge in [0.05, 0.1) is 0 Å². The van der Waals surface area contributed by atoms with Crippen molar-refractivity contribution in [1.82, 2.24) is 0 Å². The van der Waals surface area contributed by atoms with Crippen LogP contribution in [0.25, 0.3) is 0 Å². The van der Waals surface area contributed by atoms with Gasteiger partial charge in [-0.05, 0) is 45.0 Å². The summed E-state index contributed by atoms with van der Waals surface area (Å²) in [5.74, 6) is 0. The van der Waals surface area contributed by atoms with E-state index in [1.807, 2.05) is 38.1 Å². The third-order valence-electron chi connectivity index (χ3n) is 2.34. The fourth-order valence-electron chi connectivity index (χ4n) is 1.21. The van der Waals surface area contributed by atoms with Gasteiger partial charge in [0.25, 0.3) is 0 Å². The highest BCUT2D eigenvalue weighted by Crippen LogP contribution is 2.18. The first-order chi connectivity index (χ1) is 7.43. The van der Waals surface area contributed by atoms with E-state index in [1.54, 1.807) is 0 Å². The Morgan fingerprint density at radius 3 is 2.19 bits per heavy atom. The lowest BCUT2D eigenvalue weighted by Gasteiger charge is -2.23. The van der Waals surface area contributed by atoms with Crippen molar-refractivity contribution in [2.24, 2.45) is 5.73 Å². The standard InChI is InChI=1S/C13H21N3/c1-5-15-11-6-8-12(9-7-11)16-10(2)13(3,4)14/h6-9,15-16H,2,5,14H2,1,3-4H3. The maximum absolute atomic E-state index is 5.93. The van der Waals surface area contributed by atoms with Gasteiger partial charge in [-0.2, -0.15) is 0 Å². The molecule has 0 radical (unpaired) electrons. The van der Waals surface area contributed by atoms with Crippen LogP contribution in [-0.4, -0.2) is 12.1 Å². The Balaban J connectivity index is 2.65. The molecule has 1 rings (SSSR count). The molecule has 0 amide bonds. The highest BCUT2D eigenvalue weighted by Gasteiger charge is 2.14. The van der Waals surface area contributed by atoms with Crippen LogP contribution in [0.3, 0.4) is 0 Å². The molecular formula is C13H21N3.